The molecule has 8 N–H and O–H groups in total. The van der Waals surface area contributed by atoms with Crippen molar-refractivity contribution < 1.29 is 51.1 Å². The molecule has 4 amide bonds. The Morgan fingerprint density at radius 2 is 1.89 bits per heavy atom. The molecule has 2 fully saturated rings. The summed E-state index contributed by atoms with van der Waals surface area (Å²) in [5.74, 6) is -3.28. The van der Waals surface area contributed by atoms with Gasteiger partial charge in [-0.1, -0.05) is 5.16 Å². The maximum atomic E-state index is 13.2. The highest BCUT2D eigenvalue weighted by molar-refractivity contribution is 7.80. The van der Waals surface area contributed by atoms with Gasteiger partial charge in [-0.05, 0) is 64.0 Å². The normalized spacial score (nSPS) is 19.0. The Kier molecular flexibility index (Phi) is 10.6. The number of rotatable bonds is 13. The van der Waals surface area contributed by atoms with Gasteiger partial charge in [-0.15, -0.1) is 15.6 Å². The molecule has 3 heterocycles. The second-order valence-corrected chi connectivity index (χ2v) is 12.5. The number of hydroxylamine groups is 2. The number of nitrogens with one attached hydrogen (secondary N) is 4. The minimum Gasteiger partial charge on any atom is -0.489 e. The van der Waals surface area contributed by atoms with Crippen molar-refractivity contribution in [3.8, 4) is 5.75 Å². The molecule has 21 heteroatoms. The quantitative estimate of drug-likeness (QED) is 0.0617. The van der Waals surface area contributed by atoms with Gasteiger partial charge in [0.1, 0.15) is 24.1 Å². The second-order valence-electron chi connectivity index (χ2n) is 10.6. The van der Waals surface area contributed by atoms with Crippen molar-refractivity contribution >= 4 is 62.1 Å². The maximum absolute atomic E-state index is 13.2. The van der Waals surface area contributed by atoms with Crippen LogP contribution in [-0.4, -0.2) is 101 Å². The molecular weight excluding hydrogens is 652 g/mol. The molecule has 0 spiro atoms. The average Bonchev–Trinajstić information content (AvgIpc) is 3.42. The van der Waals surface area contributed by atoms with Crippen LogP contribution >= 0.6 is 11.3 Å². The van der Waals surface area contributed by atoms with E-state index in [2.05, 4.69) is 35.7 Å². The lowest BCUT2D eigenvalue weighted by Crippen LogP contribution is -2.76. The summed E-state index contributed by atoms with van der Waals surface area (Å²) >= 11 is 0.944. The van der Waals surface area contributed by atoms with Gasteiger partial charge in [0.25, 0.3) is 17.9 Å². The van der Waals surface area contributed by atoms with Crippen LogP contribution in [0.3, 0.4) is 0 Å². The highest BCUT2D eigenvalue weighted by Gasteiger charge is 2.58. The summed E-state index contributed by atoms with van der Waals surface area (Å²) in [6.45, 7) is 3.81. The number of urea groups is 1. The number of β-lactam (4-membered cyclic amide) rings is 1. The van der Waals surface area contributed by atoms with Crippen LogP contribution in [0.25, 0.3) is 0 Å². The van der Waals surface area contributed by atoms with Crippen molar-refractivity contribution in [1.29, 1.82) is 0 Å². The van der Waals surface area contributed by atoms with E-state index in [0.29, 0.717) is 10.8 Å². The minimum atomic E-state index is -5.02. The summed E-state index contributed by atoms with van der Waals surface area (Å²) in [5.41, 5.74) is 4.07. The molecule has 4 rings (SSSR count). The predicted molar refractivity (Wildman–Crippen MR) is 161 cm³/mol. The molecule has 2 atom stereocenters. The first-order valence-corrected chi connectivity index (χ1v) is 15.9. The van der Waals surface area contributed by atoms with Gasteiger partial charge >= 0.3 is 22.4 Å². The number of carboxylic acid groups (broad SMARTS) is 1. The number of nitrogens with two attached hydrogens (primary N) is 1. The lowest BCUT2D eigenvalue weighted by molar-refractivity contribution is -0.218. The van der Waals surface area contributed by atoms with Gasteiger partial charge in [-0.25, -0.2) is 14.6 Å². The van der Waals surface area contributed by atoms with Crippen molar-refractivity contribution in [2.45, 2.75) is 50.4 Å². The zero-order valence-corrected chi connectivity index (χ0v) is 26.1. The van der Waals surface area contributed by atoms with E-state index < -0.39 is 58.2 Å². The Morgan fingerprint density at radius 3 is 2.46 bits per heavy atom. The number of anilines is 2. The number of ether oxygens (including phenoxy) is 1. The number of oxime groups is 1. The summed E-state index contributed by atoms with van der Waals surface area (Å²) in [5, 5.41) is 26.3. The largest absolute Gasteiger partial charge is 0.489 e. The van der Waals surface area contributed by atoms with Crippen LogP contribution in [0, 0.1) is 0 Å². The SMILES string of the molecule is CC1(C)[C@H](NC(=O)/C(=N/O[C@@H](COc2ccc(NC(=O)NC3CCNCC3)cc2)C(=O)O)c2csc(N)n2)C(=O)N1OS(=O)(=O)O. The molecular formula is C25H32N8O11S2. The Hall–Kier alpha value is -4.57. The Balaban J connectivity index is 1.38. The number of nitrogen functional groups attached to an aromatic ring is 1. The maximum Gasteiger partial charge on any atom is 0.418 e. The van der Waals surface area contributed by atoms with Crippen LogP contribution in [0.1, 0.15) is 32.4 Å². The fraction of sp³-hybridized carbons (Fsp3) is 0.440. The van der Waals surface area contributed by atoms with Gasteiger partial charge in [0.05, 0.1) is 5.54 Å². The number of carbonyl (C=O) groups excluding carboxylic acids is 3. The fourth-order valence-electron chi connectivity index (χ4n) is 4.41. The number of benzene rings is 1. The summed E-state index contributed by atoms with van der Waals surface area (Å²) in [6.07, 6.45) is -0.0617. The number of amides is 4. The van der Waals surface area contributed by atoms with Crippen molar-refractivity contribution in [2.75, 3.05) is 30.7 Å². The van der Waals surface area contributed by atoms with E-state index in [1.54, 1.807) is 12.1 Å². The van der Waals surface area contributed by atoms with Gasteiger partial charge < -0.3 is 41.7 Å². The second kappa shape index (κ2) is 14.2. The van der Waals surface area contributed by atoms with E-state index in [1.165, 1.54) is 31.4 Å². The molecule has 2 aliphatic rings. The third kappa shape index (κ3) is 8.78. The van der Waals surface area contributed by atoms with Crippen LogP contribution < -0.4 is 31.7 Å². The Labute approximate surface area is 266 Å². The summed E-state index contributed by atoms with van der Waals surface area (Å²) in [7, 11) is -5.02. The number of thiazole rings is 1. The highest BCUT2D eigenvalue weighted by Crippen LogP contribution is 2.33. The van der Waals surface area contributed by atoms with Gasteiger partial charge in [-0.2, -0.15) is 13.5 Å². The number of piperidine rings is 1. The predicted octanol–water partition coefficient (Wildman–Crippen LogP) is -0.308. The van der Waals surface area contributed by atoms with Gasteiger partial charge in [0.2, 0.25) is 0 Å². The number of carboxylic acids is 1. The van der Waals surface area contributed by atoms with E-state index in [0.717, 1.165) is 37.3 Å². The molecule has 2 saturated heterocycles. The molecule has 0 aliphatic carbocycles. The van der Waals surface area contributed by atoms with E-state index >= 15 is 0 Å². The third-order valence-electron chi connectivity index (χ3n) is 6.84. The van der Waals surface area contributed by atoms with Crippen LogP contribution in [0.2, 0.25) is 0 Å². The average molecular weight is 685 g/mol. The molecule has 0 radical (unpaired) electrons. The number of nitrogens with zero attached hydrogens (tertiary/aromatic N) is 3. The molecule has 19 nitrogen and oxygen atoms in total. The molecule has 46 heavy (non-hydrogen) atoms. The minimum absolute atomic E-state index is 0.0445. The zero-order chi connectivity index (χ0) is 33.6. The lowest BCUT2D eigenvalue weighted by atomic mass is 9.84. The van der Waals surface area contributed by atoms with E-state index in [9.17, 15) is 32.7 Å². The van der Waals surface area contributed by atoms with Gasteiger partial charge in [-0.3, -0.25) is 14.1 Å². The molecule has 2 aromatic rings. The first-order valence-electron chi connectivity index (χ1n) is 13.6. The fourth-order valence-corrected chi connectivity index (χ4v) is 5.41. The van der Waals surface area contributed by atoms with Crippen molar-refractivity contribution in [3.63, 3.8) is 0 Å². The number of aliphatic carboxylic acids is 1. The summed E-state index contributed by atoms with van der Waals surface area (Å²) < 4.78 is 40.9. The zero-order valence-electron chi connectivity index (χ0n) is 24.5. The number of hydrogen-bond acceptors (Lipinski definition) is 14. The summed E-state index contributed by atoms with van der Waals surface area (Å²) in [6, 6.07) is 4.52. The molecule has 1 aromatic carbocycles. The molecule has 0 bridgehead atoms. The van der Waals surface area contributed by atoms with Crippen LogP contribution in [0.4, 0.5) is 15.6 Å². The molecule has 2 aliphatic heterocycles. The topological polar surface area (TPSA) is 273 Å². The van der Waals surface area contributed by atoms with Gasteiger partial charge in [0, 0.05) is 17.1 Å². The smallest absolute Gasteiger partial charge is 0.418 e. The molecule has 1 aromatic heterocycles. The van der Waals surface area contributed by atoms with Crippen LogP contribution in [0.15, 0.2) is 34.8 Å². The molecule has 0 unspecified atom stereocenters. The van der Waals surface area contributed by atoms with E-state index in [4.69, 9.17) is 19.9 Å². The van der Waals surface area contributed by atoms with Gasteiger partial charge in [0.15, 0.2) is 10.8 Å². The first-order chi connectivity index (χ1) is 21.6. The standard InChI is InChI=1S/C25H32N8O11S2/c1-25(2)19(21(35)33(25)44-46(39,40)41)31-20(34)18(16-12-45-23(26)30-16)32-43-17(22(36)37)11-42-15-5-3-13(4-6-15)28-24(38)29-14-7-9-27-10-8-14/h3-6,12,14,17,19,27H,7-11H2,1-2H3,(H2,26,30)(H,31,34)(H,36,37)(H2,28,29,38)(H,39,40,41)/b32-18+/t17-,19+/m0/s1. The first kappa shape index (κ1) is 34.3. The van der Waals surface area contributed by atoms with Crippen molar-refractivity contribution in [1.82, 2.24) is 26.0 Å². The summed E-state index contributed by atoms with van der Waals surface area (Å²) in [4.78, 5) is 58.9. The number of hydrogen-bond donors (Lipinski definition) is 7. The molecule has 250 valence electrons. The van der Waals surface area contributed by atoms with E-state index in [1.807, 2.05) is 0 Å². The van der Waals surface area contributed by atoms with Crippen LogP contribution in [0.5, 0.6) is 5.75 Å². The van der Waals surface area contributed by atoms with Crippen molar-refractivity contribution in [3.05, 3.63) is 35.3 Å². The monoisotopic (exact) mass is 684 g/mol. The Bertz CT molecular complexity index is 1590. The van der Waals surface area contributed by atoms with E-state index in [-0.39, 0.29) is 28.6 Å². The highest BCUT2D eigenvalue weighted by atomic mass is 32.3. The number of carbonyl (C=O) groups is 4. The number of aromatic nitrogens is 1. The van der Waals surface area contributed by atoms with Crippen LogP contribution in [-0.2, 0) is 33.9 Å². The van der Waals surface area contributed by atoms with Crippen molar-refractivity contribution in [2.24, 2.45) is 5.16 Å². The third-order valence-corrected chi connectivity index (χ3v) is 7.85. The Morgan fingerprint density at radius 1 is 1.22 bits per heavy atom. The molecule has 0 saturated carbocycles. The lowest BCUT2D eigenvalue weighted by Gasteiger charge is -2.50.